The van der Waals surface area contributed by atoms with E-state index in [4.69, 9.17) is 18.9 Å². The fraction of sp³-hybridized carbons (Fsp3) is 0.316. The topological polar surface area (TPSA) is 66.0 Å². The molecule has 3 atom stereocenters. The molecule has 0 radical (unpaired) electrons. The Bertz CT molecular complexity index is 778. The molecule has 2 heterocycles. The molecule has 4 rings (SSSR count). The summed E-state index contributed by atoms with van der Waals surface area (Å²) in [5, 5.41) is 2.87. The van der Waals surface area contributed by atoms with Gasteiger partial charge in [0.05, 0.1) is 6.54 Å². The molecule has 130 valence electrons. The van der Waals surface area contributed by atoms with Crippen molar-refractivity contribution >= 4 is 5.91 Å². The molecular weight excluding hydrogens is 322 g/mol. The molecule has 0 saturated heterocycles. The van der Waals surface area contributed by atoms with Gasteiger partial charge in [0.2, 0.25) is 6.10 Å². The first-order valence-corrected chi connectivity index (χ1v) is 8.29. The molecular formula is C19H19NO5. The lowest BCUT2D eigenvalue weighted by Gasteiger charge is -2.32. The minimum Gasteiger partial charge on any atom is -0.486 e. The molecule has 0 aromatic heterocycles. The molecule has 0 bridgehead atoms. The summed E-state index contributed by atoms with van der Waals surface area (Å²) < 4.78 is 23.0. The summed E-state index contributed by atoms with van der Waals surface area (Å²) in [4.78, 5) is 12.5. The van der Waals surface area contributed by atoms with Crippen molar-refractivity contribution < 1.29 is 23.7 Å². The van der Waals surface area contributed by atoms with Crippen LogP contribution in [-0.2, 0) is 4.79 Å². The van der Waals surface area contributed by atoms with Gasteiger partial charge in [0.25, 0.3) is 5.91 Å². The lowest BCUT2D eigenvalue weighted by molar-refractivity contribution is -0.133. The average molecular weight is 341 g/mol. The summed E-state index contributed by atoms with van der Waals surface area (Å²) in [7, 11) is 0. The third kappa shape index (κ3) is 3.20. The van der Waals surface area contributed by atoms with E-state index in [1.165, 1.54) is 0 Å². The molecule has 1 N–H and O–H groups in total. The Labute approximate surface area is 145 Å². The van der Waals surface area contributed by atoms with E-state index in [1.54, 1.807) is 6.07 Å². The fourth-order valence-corrected chi connectivity index (χ4v) is 2.88. The summed E-state index contributed by atoms with van der Waals surface area (Å²) in [6, 6.07) is 14.8. The number of carbonyl (C=O) groups excluding carboxylic acids is 1. The smallest absolute Gasteiger partial charge is 0.265 e. The van der Waals surface area contributed by atoms with E-state index in [2.05, 4.69) is 5.32 Å². The molecule has 2 aromatic carbocycles. The average Bonchev–Trinajstić information content (AvgIpc) is 2.65. The van der Waals surface area contributed by atoms with Gasteiger partial charge in [-0.05, 0) is 31.2 Å². The van der Waals surface area contributed by atoms with Crippen LogP contribution in [0.15, 0.2) is 48.5 Å². The van der Waals surface area contributed by atoms with Gasteiger partial charge in [0.1, 0.15) is 18.8 Å². The maximum absolute atomic E-state index is 12.5. The number of amides is 1. The highest BCUT2D eigenvalue weighted by molar-refractivity contribution is 5.82. The molecule has 2 aliphatic rings. The Balaban J connectivity index is 1.35. The first-order chi connectivity index (χ1) is 12.2. The normalized spacial score (nSPS) is 23.6. The Morgan fingerprint density at radius 1 is 0.960 bits per heavy atom. The molecule has 0 saturated carbocycles. The lowest BCUT2D eigenvalue weighted by atomic mass is 10.1. The predicted octanol–water partition coefficient (Wildman–Crippen LogP) is 2.17. The van der Waals surface area contributed by atoms with Crippen LogP contribution in [0.2, 0.25) is 0 Å². The van der Waals surface area contributed by atoms with Crippen molar-refractivity contribution in [2.45, 2.75) is 25.2 Å². The van der Waals surface area contributed by atoms with Crippen LogP contribution in [0, 0.1) is 0 Å². The van der Waals surface area contributed by atoms with Crippen molar-refractivity contribution in [1.29, 1.82) is 0 Å². The maximum atomic E-state index is 12.5. The number of para-hydroxylation sites is 4. The minimum absolute atomic E-state index is 0.232. The molecule has 0 fully saturated rings. The van der Waals surface area contributed by atoms with Crippen LogP contribution in [0.3, 0.4) is 0 Å². The minimum atomic E-state index is -0.702. The third-order valence-corrected chi connectivity index (χ3v) is 4.17. The lowest BCUT2D eigenvalue weighted by Crippen LogP contribution is -2.51. The molecule has 1 amide bonds. The van der Waals surface area contributed by atoms with Crippen LogP contribution in [0.25, 0.3) is 0 Å². The molecule has 2 aliphatic heterocycles. The van der Waals surface area contributed by atoms with E-state index in [9.17, 15) is 4.79 Å². The van der Waals surface area contributed by atoms with E-state index in [0.29, 0.717) is 30.4 Å². The second-order valence-corrected chi connectivity index (χ2v) is 6.05. The molecule has 6 heteroatoms. The Kier molecular flexibility index (Phi) is 4.09. The molecule has 2 aromatic rings. The van der Waals surface area contributed by atoms with Crippen LogP contribution >= 0.6 is 0 Å². The van der Waals surface area contributed by atoms with E-state index in [0.717, 1.165) is 5.75 Å². The predicted molar refractivity (Wildman–Crippen MR) is 90.3 cm³/mol. The molecule has 0 spiro atoms. The van der Waals surface area contributed by atoms with Crippen molar-refractivity contribution in [1.82, 2.24) is 5.32 Å². The zero-order valence-corrected chi connectivity index (χ0v) is 13.8. The Morgan fingerprint density at radius 2 is 1.56 bits per heavy atom. The zero-order valence-electron chi connectivity index (χ0n) is 13.8. The second kappa shape index (κ2) is 6.55. The highest BCUT2D eigenvalue weighted by Crippen LogP contribution is 2.33. The van der Waals surface area contributed by atoms with Crippen LogP contribution in [-0.4, -0.2) is 37.4 Å². The summed E-state index contributed by atoms with van der Waals surface area (Å²) in [6.45, 7) is 2.54. The molecule has 6 nitrogen and oxygen atoms in total. The molecule has 25 heavy (non-hydrogen) atoms. The van der Waals surface area contributed by atoms with Crippen LogP contribution in [0.1, 0.15) is 6.92 Å². The van der Waals surface area contributed by atoms with Gasteiger partial charge >= 0.3 is 0 Å². The van der Waals surface area contributed by atoms with Crippen LogP contribution < -0.4 is 24.3 Å². The first kappa shape index (κ1) is 15.6. The van der Waals surface area contributed by atoms with Gasteiger partial charge in [-0.2, -0.15) is 0 Å². The maximum Gasteiger partial charge on any atom is 0.265 e. The van der Waals surface area contributed by atoms with Gasteiger partial charge in [0.15, 0.2) is 23.0 Å². The van der Waals surface area contributed by atoms with Gasteiger partial charge in [0, 0.05) is 0 Å². The number of hydrogen-bond donors (Lipinski definition) is 1. The highest BCUT2D eigenvalue weighted by Gasteiger charge is 2.34. The number of carbonyl (C=O) groups is 1. The molecule has 0 aliphatic carbocycles. The number of ether oxygens (including phenoxy) is 4. The summed E-state index contributed by atoms with van der Waals surface area (Å²) >= 11 is 0. The zero-order chi connectivity index (χ0) is 17.2. The van der Waals surface area contributed by atoms with Crippen molar-refractivity contribution in [3.05, 3.63) is 48.5 Å². The highest BCUT2D eigenvalue weighted by atomic mass is 16.6. The van der Waals surface area contributed by atoms with Gasteiger partial charge in [-0.3, -0.25) is 4.79 Å². The SMILES string of the molecule is CC1Oc2ccccc2OC1C(=O)NCC1COc2ccccc2O1. The van der Waals surface area contributed by atoms with E-state index < -0.39 is 6.10 Å². The van der Waals surface area contributed by atoms with Crippen molar-refractivity contribution in [2.75, 3.05) is 13.2 Å². The quantitative estimate of drug-likeness (QED) is 0.927. The monoisotopic (exact) mass is 341 g/mol. The largest absolute Gasteiger partial charge is 0.486 e. The van der Waals surface area contributed by atoms with E-state index in [1.807, 2.05) is 49.4 Å². The van der Waals surface area contributed by atoms with Crippen molar-refractivity contribution in [3.8, 4) is 23.0 Å². The summed E-state index contributed by atoms with van der Waals surface area (Å²) in [6.07, 6.45) is -1.32. The second-order valence-electron chi connectivity index (χ2n) is 6.05. The van der Waals surface area contributed by atoms with E-state index in [-0.39, 0.29) is 18.1 Å². The van der Waals surface area contributed by atoms with Crippen LogP contribution in [0.4, 0.5) is 0 Å². The number of hydrogen-bond acceptors (Lipinski definition) is 5. The number of nitrogens with one attached hydrogen (secondary N) is 1. The first-order valence-electron chi connectivity index (χ1n) is 8.29. The number of fused-ring (bicyclic) bond motifs is 2. The van der Waals surface area contributed by atoms with Gasteiger partial charge in [-0.15, -0.1) is 0 Å². The Morgan fingerprint density at radius 3 is 2.28 bits per heavy atom. The van der Waals surface area contributed by atoms with Gasteiger partial charge < -0.3 is 24.3 Å². The molecule has 3 unspecified atom stereocenters. The number of benzene rings is 2. The number of rotatable bonds is 3. The third-order valence-electron chi connectivity index (χ3n) is 4.17. The standard InChI is InChI=1S/C19H19NO5/c1-12-18(25-17-9-5-4-8-16(17)23-12)19(21)20-10-13-11-22-14-6-2-3-7-15(14)24-13/h2-9,12-13,18H,10-11H2,1H3,(H,20,21). The van der Waals surface area contributed by atoms with E-state index >= 15 is 0 Å². The fourth-order valence-electron chi connectivity index (χ4n) is 2.88. The van der Waals surface area contributed by atoms with Crippen LogP contribution in [0.5, 0.6) is 23.0 Å². The Hall–Kier alpha value is -2.89. The van der Waals surface area contributed by atoms with Crippen molar-refractivity contribution in [2.24, 2.45) is 0 Å². The van der Waals surface area contributed by atoms with Crippen molar-refractivity contribution in [3.63, 3.8) is 0 Å². The van der Waals surface area contributed by atoms with Gasteiger partial charge in [-0.25, -0.2) is 0 Å². The van der Waals surface area contributed by atoms with Gasteiger partial charge in [-0.1, -0.05) is 24.3 Å². The summed E-state index contributed by atoms with van der Waals surface area (Å²) in [5.41, 5.74) is 0. The summed E-state index contributed by atoms with van der Waals surface area (Å²) in [5.74, 6) is 2.41.